The quantitative estimate of drug-likeness (QED) is 0.563. The molecule has 0 heterocycles. The summed E-state index contributed by atoms with van der Waals surface area (Å²) in [7, 11) is 3.04. The van der Waals surface area contributed by atoms with E-state index in [2.05, 4.69) is 5.32 Å². The number of benzene rings is 2. The summed E-state index contributed by atoms with van der Waals surface area (Å²) in [5, 5.41) is 12.0. The number of carbonyl (C=O) groups excluding carboxylic acids is 1. The Bertz CT molecular complexity index is 851. The predicted molar refractivity (Wildman–Crippen MR) is 104 cm³/mol. The molecule has 2 rings (SSSR count). The molecule has 0 aliphatic rings. The van der Waals surface area contributed by atoms with E-state index in [9.17, 15) is 10.1 Å². The van der Waals surface area contributed by atoms with Crippen molar-refractivity contribution in [1.82, 2.24) is 0 Å². The summed E-state index contributed by atoms with van der Waals surface area (Å²) in [6.45, 7) is 2.68. The minimum Gasteiger partial charge on any atom is -0.497 e. The molecule has 1 N–H and O–H groups in total. The number of ether oxygens (including phenoxy) is 3. The van der Waals surface area contributed by atoms with Crippen LogP contribution in [0.5, 0.6) is 17.2 Å². The maximum absolute atomic E-state index is 12.5. The van der Waals surface area contributed by atoms with Crippen LogP contribution in [-0.2, 0) is 4.79 Å². The first-order chi connectivity index (χ1) is 13.1. The Balaban J connectivity index is 2.16. The molecule has 0 bridgehead atoms. The van der Waals surface area contributed by atoms with Crippen LogP contribution in [0.1, 0.15) is 18.9 Å². The van der Waals surface area contributed by atoms with E-state index in [1.807, 2.05) is 13.0 Å². The van der Waals surface area contributed by atoms with Gasteiger partial charge in [-0.3, -0.25) is 4.79 Å². The van der Waals surface area contributed by atoms with Crippen molar-refractivity contribution in [2.75, 3.05) is 26.1 Å². The first-order valence-electron chi connectivity index (χ1n) is 8.49. The van der Waals surface area contributed by atoms with Crippen LogP contribution in [0.3, 0.4) is 0 Å². The summed E-state index contributed by atoms with van der Waals surface area (Å²) in [4.78, 5) is 12.5. The van der Waals surface area contributed by atoms with Crippen molar-refractivity contribution in [1.29, 1.82) is 5.26 Å². The lowest BCUT2D eigenvalue weighted by Crippen LogP contribution is -2.14. The number of methoxy groups -OCH3 is 2. The molecule has 0 aliphatic heterocycles. The fourth-order valence-electron chi connectivity index (χ4n) is 2.29. The Morgan fingerprint density at radius 2 is 1.81 bits per heavy atom. The minimum absolute atomic E-state index is 0.0184. The van der Waals surface area contributed by atoms with Crippen LogP contribution in [0, 0.1) is 11.3 Å². The van der Waals surface area contributed by atoms with Crippen LogP contribution in [0.25, 0.3) is 6.08 Å². The van der Waals surface area contributed by atoms with E-state index < -0.39 is 5.91 Å². The molecule has 27 heavy (non-hydrogen) atoms. The molecule has 1 amide bonds. The summed E-state index contributed by atoms with van der Waals surface area (Å²) in [6, 6.07) is 14.1. The molecule has 6 nitrogen and oxygen atoms in total. The topological polar surface area (TPSA) is 80.6 Å². The molecule has 0 saturated carbocycles. The van der Waals surface area contributed by atoms with Gasteiger partial charge in [-0.15, -0.1) is 0 Å². The smallest absolute Gasteiger partial charge is 0.266 e. The first kappa shape index (κ1) is 19.9. The number of carbonyl (C=O) groups is 1. The third-order valence-electron chi connectivity index (χ3n) is 3.69. The van der Waals surface area contributed by atoms with E-state index in [4.69, 9.17) is 14.2 Å². The van der Waals surface area contributed by atoms with Crippen molar-refractivity contribution in [3.63, 3.8) is 0 Å². The molecule has 0 unspecified atom stereocenters. The minimum atomic E-state index is -0.521. The SMILES string of the molecule is CCCOc1ccc(/C=C(\C#N)C(=O)Nc2ccc(OC)cc2OC)cc1. The average Bonchev–Trinajstić information content (AvgIpc) is 2.71. The monoisotopic (exact) mass is 366 g/mol. The molecule has 140 valence electrons. The lowest BCUT2D eigenvalue weighted by atomic mass is 10.1. The Morgan fingerprint density at radius 1 is 1.11 bits per heavy atom. The molecule has 0 aromatic heterocycles. The van der Waals surface area contributed by atoms with Crippen molar-refractivity contribution < 1.29 is 19.0 Å². The van der Waals surface area contributed by atoms with Crippen molar-refractivity contribution in [3.05, 3.63) is 53.6 Å². The van der Waals surface area contributed by atoms with Gasteiger partial charge in [-0.25, -0.2) is 0 Å². The lowest BCUT2D eigenvalue weighted by molar-refractivity contribution is -0.112. The summed E-state index contributed by atoms with van der Waals surface area (Å²) in [5.41, 5.74) is 1.16. The van der Waals surface area contributed by atoms with Gasteiger partial charge in [0, 0.05) is 6.07 Å². The van der Waals surface area contributed by atoms with Crippen LogP contribution in [0.4, 0.5) is 5.69 Å². The van der Waals surface area contributed by atoms with Crippen molar-refractivity contribution in [2.24, 2.45) is 0 Å². The third kappa shape index (κ3) is 5.51. The van der Waals surface area contributed by atoms with E-state index in [1.165, 1.54) is 13.2 Å². The molecule has 0 aliphatic carbocycles. The second-order valence-electron chi connectivity index (χ2n) is 5.61. The highest BCUT2D eigenvalue weighted by Gasteiger charge is 2.13. The maximum Gasteiger partial charge on any atom is 0.266 e. The lowest BCUT2D eigenvalue weighted by Gasteiger charge is -2.11. The van der Waals surface area contributed by atoms with Crippen LogP contribution in [0.15, 0.2) is 48.0 Å². The van der Waals surface area contributed by atoms with Gasteiger partial charge in [0.25, 0.3) is 5.91 Å². The normalized spacial score (nSPS) is 10.7. The van der Waals surface area contributed by atoms with Crippen LogP contribution in [0.2, 0.25) is 0 Å². The number of nitrogens with one attached hydrogen (secondary N) is 1. The third-order valence-corrected chi connectivity index (χ3v) is 3.69. The van der Waals surface area contributed by atoms with Gasteiger partial charge in [0.2, 0.25) is 0 Å². The maximum atomic E-state index is 12.5. The van der Waals surface area contributed by atoms with Gasteiger partial charge < -0.3 is 19.5 Å². The molecular weight excluding hydrogens is 344 g/mol. The van der Waals surface area contributed by atoms with Gasteiger partial charge in [-0.1, -0.05) is 19.1 Å². The highest BCUT2D eigenvalue weighted by molar-refractivity contribution is 6.10. The number of hydrogen-bond acceptors (Lipinski definition) is 5. The summed E-state index contributed by atoms with van der Waals surface area (Å²) >= 11 is 0. The highest BCUT2D eigenvalue weighted by atomic mass is 16.5. The molecule has 6 heteroatoms. The average molecular weight is 366 g/mol. The van der Waals surface area contributed by atoms with Crippen LogP contribution >= 0.6 is 0 Å². The Labute approximate surface area is 159 Å². The number of amides is 1. The number of anilines is 1. The Morgan fingerprint density at radius 3 is 2.41 bits per heavy atom. The second-order valence-corrected chi connectivity index (χ2v) is 5.61. The van der Waals surface area contributed by atoms with Crippen molar-refractivity contribution in [2.45, 2.75) is 13.3 Å². The number of hydrogen-bond donors (Lipinski definition) is 1. The Hall–Kier alpha value is -3.46. The van der Waals surface area contributed by atoms with Crippen LogP contribution in [-0.4, -0.2) is 26.7 Å². The predicted octanol–water partition coefficient (Wildman–Crippen LogP) is 4.04. The van der Waals surface area contributed by atoms with E-state index in [1.54, 1.807) is 49.6 Å². The number of nitriles is 1. The zero-order valence-electron chi connectivity index (χ0n) is 15.6. The van der Waals surface area contributed by atoms with Crippen molar-refractivity contribution >= 4 is 17.7 Å². The standard InChI is InChI=1S/C21H22N2O4/c1-4-11-27-17-7-5-15(6-8-17)12-16(14-22)21(24)23-19-10-9-18(25-2)13-20(19)26-3/h5-10,12-13H,4,11H2,1-3H3,(H,23,24)/b16-12+. The van der Waals surface area contributed by atoms with Gasteiger partial charge in [0.05, 0.1) is 26.5 Å². The van der Waals surface area contributed by atoms with Gasteiger partial charge in [0.15, 0.2) is 0 Å². The van der Waals surface area contributed by atoms with Gasteiger partial charge in [-0.2, -0.15) is 5.26 Å². The highest BCUT2D eigenvalue weighted by Crippen LogP contribution is 2.29. The van der Waals surface area contributed by atoms with E-state index >= 15 is 0 Å². The zero-order valence-corrected chi connectivity index (χ0v) is 15.6. The summed E-state index contributed by atoms with van der Waals surface area (Å²) in [5.74, 6) is 1.27. The Kier molecular flexibility index (Phi) is 7.26. The largest absolute Gasteiger partial charge is 0.497 e. The fraction of sp³-hybridized carbons (Fsp3) is 0.238. The molecule has 0 saturated heterocycles. The van der Waals surface area contributed by atoms with Crippen molar-refractivity contribution in [3.8, 4) is 23.3 Å². The molecule has 2 aromatic rings. The molecule has 2 aromatic carbocycles. The number of nitrogens with zero attached hydrogens (tertiary/aromatic N) is 1. The first-order valence-corrected chi connectivity index (χ1v) is 8.49. The summed E-state index contributed by atoms with van der Waals surface area (Å²) in [6.07, 6.45) is 2.45. The molecule has 0 spiro atoms. The molecule has 0 atom stereocenters. The molecular formula is C21H22N2O4. The van der Waals surface area contributed by atoms with Gasteiger partial charge >= 0.3 is 0 Å². The van der Waals surface area contributed by atoms with Crippen LogP contribution < -0.4 is 19.5 Å². The number of rotatable bonds is 8. The van der Waals surface area contributed by atoms with Gasteiger partial charge in [0.1, 0.15) is 28.9 Å². The van der Waals surface area contributed by atoms with E-state index in [0.717, 1.165) is 17.7 Å². The summed E-state index contributed by atoms with van der Waals surface area (Å²) < 4.78 is 15.9. The zero-order chi connectivity index (χ0) is 19.6. The van der Waals surface area contributed by atoms with E-state index in [0.29, 0.717) is 23.8 Å². The van der Waals surface area contributed by atoms with Gasteiger partial charge in [-0.05, 0) is 42.3 Å². The van der Waals surface area contributed by atoms with E-state index in [-0.39, 0.29) is 5.57 Å². The fourth-order valence-corrected chi connectivity index (χ4v) is 2.29. The molecule has 0 radical (unpaired) electrons. The molecule has 0 fully saturated rings. The second kappa shape index (κ2) is 9.88.